The Kier molecular flexibility index (Phi) is 4.77. The lowest BCUT2D eigenvalue weighted by atomic mass is 10.1. The third-order valence-electron chi connectivity index (χ3n) is 4.70. The molecule has 28 heavy (non-hydrogen) atoms. The molecule has 3 aromatic rings. The van der Waals surface area contributed by atoms with Gasteiger partial charge in [-0.2, -0.15) is 0 Å². The number of para-hydroxylation sites is 1. The molecule has 0 fully saturated rings. The first-order valence-electron chi connectivity index (χ1n) is 9.31. The van der Waals surface area contributed by atoms with Crippen LogP contribution in [0.15, 0.2) is 51.7 Å². The van der Waals surface area contributed by atoms with E-state index in [0.29, 0.717) is 23.3 Å². The lowest BCUT2D eigenvalue weighted by Crippen LogP contribution is -2.28. The molecule has 6 nitrogen and oxygen atoms in total. The third-order valence-corrected chi connectivity index (χ3v) is 4.70. The van der Waals surface area contributed by atoms with E-state index in [2.05, 4.69) is 5.32 Å². The highest BCUT2D eigenvalue weighted by molar-refractivity contribution is 5.96. The Balaban J connectivity index is 1.58. The van der Waals surface area contributed by atoms with Crippen molar-refractivity contribution in [3.05, 3.63) is 69.6 Å². The molecule has 1 aliphatic heterocycles. The molecular formula is C22H21NO5. The summed E-state index contributed by atoms with van der Waals surface area (Å²) < 4.78 is 16.8. The minimum Gasteiger partial charge on any atom is -0.494 e. The predicted molar refractivity (Wildman–Crippen MR) is 105 cm³/mol. The van der Waals surface area contributed by atoms with Gasteiger partial charge < -0.3 is 19.2 Å². The second-order valence-corrected chi connectivity index (χ2v) is 6.80. The van der Waals surface area contributed by atoms with Crippen molar-refractivity contribution < 1.29 is 18.7 Å². The van der Waals surface area contributed by atoms with Gasteiger partial charge in [0.25, 0.3) is 5.91 Å². The summed E-state index contributed by atoms with van der Waals surface area (Å²) in [4.78, 5) is 24.8. The average molecular weight is 379 g/mol. The first kappa shape index (κ1) is 18.1. The molecule has 1 aliphatic rings. The van der Waals surface area contributed by atoms with Gasteiger partial charge in [0.05, 0.1) is 6.61 Å². The summed E-state index contributed by atoms with van der Waals surface area (Å²) >= 11 is 0. The molecule has 4 rings (SSSR count). The maximum Gasteiger partial charge on any atom is 0.349 e. The number of fused-ring (bicyclic) bond motifs is 2. The minimum absolute atomic E-state index is 0.0253. The van der Waals surface area contributed by atoms with Crippen molar-refractivity contribution in [1.29, 1.82) is 0 Å². The highest BCUT2D eigenvalue weighted by Crippen LogP contribution is 2.35. The van der Waals surface area contributed by atoms with Gasteiger partial charge in [0.15, 0.2) is 0 Å². The maximum atomic E-state index is 12.6. The van der Waals surface area contributed by atoms with E-state index in [4.69, 9.17) is 13.9 Å². The zero-order chi connectivity index (χ0) is 19.7. The van der Waals surface area contributed by atoms with E-state index in [9.17, 15) is 9.59 Å². The van der Waals surface area contributed by atoms with Crippen molar-refractivity contribution in [3.8, 4) is 11.5 Å². The number of hydrogen-bond donors (Lipinski definition) is 1. The minimum atomic E-state index is -0.660. The van der Waals surface area contributed by atoms with Crippen molar-refractivity contribution >= 4 is 16.9 Å². The molecule has 0 spiro atoms. The molecule has 144 valence electrons. The first-order chi connectivity index (χ1) is 13.5. The zero-order valence-corrected chi connectivity index (χ0v) is 15.8. The molecule has 6 heteroatoms. The van der Waals surface area contributed by atoms with Gasteiger partial charge in [0, 0.05) is 29.5 Å². The summed E-state index contributed by atoms with van der Waals surface area (Å²) in [5, 5.41) is 3.48. The number of rotatable bonds is 5. The molecule has 2 heterocycles. The van der Waals surface area contributed by atoms with E-state index in [1.807, 2.05) is 32.0 Å². The quantitative estimate of drug-likeness (QED) is 0.687. The monoisotopic (exact) mass is 379 g/mol. The first-order valence-corrected chi connectivity index (χ1v) is 9.31. The van der Waals surface area contributed by atoms with Gasteiger partial charge >= 0.3 is 5.63 Å². The molecule has 0 radical (unpaired) electrons. The van der Waals surface area contributed by atoms with Crippen LogP contribution in [0.1, 0.15) is 35.3 Å². The largest absolute Gasteiger partial charge is 0.494 e. The van der Waals surface area contributed by atoms with Crippen LogP contribution in [0.2, 0.25) is 0 Å². The van der Waals surface area contributed by atoms with Crippen molar-refractivity contribution in [2.45, 2.75) is 32.9 Å². The predicted octanol–water partition coefficient (Wildman–Crippen LogP) is 3.45. The van der Waals surface area contributed by atoms with Gasteiger partial charge in [-0.05, 0) is 38.1 Å². The van der Waals surface area contributed by atoms with Gasteiger partial charge in [-0.25, -0.2) is 4.79 Å². The number of nitrogens with one attached hydrogen (secondary N) is 1. The highest BCUT2D eigenvalue weighted by Gasteiger charge is 2.22. The van der Waals surface area contributed by atoms with E-state index in [-0.39, 0.29) is 18.2 Å². The molecule has 0 saturated heterocycles. The summed E-state index contributed by atoms with van der Waals surface area (Å²) in [7, 11) is 0. The molecule has 0 aliphatic carbocycles. The van der Waals surface area contributed by atoms with E-state index < -0.39 is 11.5 Å². The van der Waals surface area contributed by atoms with Crippen LogP contribution in [0, 0.1) is 0 Å². The van der Waals surface area contributed by atoms with Gasteiger partial charge in [0.2, 0.25) is 0 Å². The Hall–Kier alpha value is -3.28. The Labute approximate surface area is 162 Å². The third kappa shape index (κ3) is 3.45. The number of carbonyl (C=O) groups is 1. The molecule has 1 amide bonds. The van der Waals surface area contributed by atoms with Crippen LogP contribution >= 0.6 is 0 Å². The Morgan fingerprint density at radius 1 is 1.25 bits per heavy atom. The standard InChI is InChI=1S/C22H21NO5/c1-3-26-19-10-15-8-13(2)27-20(15)11-16(19)12-23-21(24)17-9-14-6-4-5-7-18(14)28-22(17)25/h4-7,9-11,13H,3,8,12H2,1-2H3,(H,23,24)/t13-/m0/s1. The molecular weight excluding hydrogens is 358 g/mol. The van der Waals surface area contributed by atoms with Gasteiger partial charge in [-0.15, -0.1) is 0 Å². The summed E-state index contributed by atoms with van der Waals surface area (Å²) in [5.41, 5.74) is 1.66. The summed E-state index contributed by atoms with van der Waals surface area (Å²) in [5.74, 6) is 1.03. The van der Waals surface area contributed by atoms with Gasteiger partial charge in [0.1, 0.15) is 28.7 Å². The van der Waals surface area contributed by atoms with Crippen molar-refractivity contribution in [2.24, 2.45) is 0 Å². The molecule has 1 atom stereocenters. The van der Waals surface area contributed by atoms with Crippen LogP contribution in [-0.4, -0.2) is 18.6 Å². The Morgan fingerprint density at radius 2 is 2.07 bits per heavy atom. The molecule has 2 aromatic carbocycles. The maximum absolute atomic E-state index is 12.6. The summed E-state index contributed by atoms with van der Waals surface area (Å²) in [6, 6.07) is 12.5. The fourth-order valence-corrected chi connectivity index (χ4v) is 3.40. The van der Waals surface area contributed by atoms with E-state index >= 15 is 0 Å². The van der Waals surface area contributed by atoms with E-state index in [1.54, 1.807) is 24.3 Å². The molecule has 1 aromatic heterocycles. The average Bonchev–Trinajstić information content (AvgIpc) is 3.04. The number of amides is 1. The fourth-order valence-electron chi connectivity index (χ4n) is 3.40. The van der Waals surface area contributed by atoms with Crippen molar-refractivity contribution in [1.82, 2.24) is 5.32 Å². The summed E-state index contributed by atoms with van der Waals surface area (Å²) in [6.45, 7) is 4.66. The van der Waals surface area contributed by atoms with E-state index in [1.165, 1.54) is 0 Å². The second-order valence-electron chi connectivity index (χ2n) is 6.80. The lowest BCUT2D eigenvalue weighted by Gasteiger charge is -2.13. The van der Waals surface area contributed by atoms with Crippen LogP contribution in [0.4, 0.5) is 0 Å². The second kappa shape index (κ2) is 7.38. The van der Waals surface area contributed by atoms with Crippen LogP contribution in [0.25, 0.3) is 11.0 Å². The Bertz CT molecular complexity index is 1100. The van der Waals surface area contributed by atoms with Crippen LogP contribution in [0.5, 0.6) is 11.5 Å². The van der Waals surface area contributed by atoms with Crippen LogP contribution < -0.4 is 20.4 Å². The molecule has 0 saturated carbocycles. The van der Waals surface area contributed by atoms with Gasteiger partial charge in [-0.1, -0.05) is 18.2 Å². The number of hydrogen-bond acceptors (Lipinski definition) is 5. The summed E-state index contributed by atoms with van der Waals surface area (Å²) in [6.07, 6.45) is 0.955. The van der Waals surface area contributed by atoms with Crippen LogP contribution in [0.3, 0.4) is 0 Å². The lowest BCUT2D eigenvalue weighted by molar-refractivity contribution is 0.0947. The molecule has 0 bridgehead atoms. The van der Waals surface area contributed by atoms with Crippen LogP contribution in [-0.2, 0) is 13.0 Å². The number of benzene rings is 2. The van der Waals surface area contributed by atoms with E-state index in [0.717, 1.165) is 23.3 Å². The zero-order valence-electron chi connectivity index (χ0n) is 15.8. The smallest absolute Gasteiger partial charge is 0.349 e. The normalized spacial score (nSPS) is 15.1. The van der Waals surface area contributed by atoms with Crippen molar-refractivity contribution in [3.63, 3.8) is 0 Å². The fraction of sp³-hybridized carbons (Fsp3) is 0.273. The molecule has 0 unspecified atom stereocenters. The van der Waals surface area contributed by atoms with Gasteiger partial charge in [-0.3, -0.25) is 4.79 Å². The number of carbonyl (C=O) groups excluding carboxylic acids is 1. The Morgan fingerprint density at radius 3 is 2.89 bits per heavy atom. The number of ether oxygens (including phenoxy) is 2. The van der Waals surface area contributed by atoms with Crippen molar-refractivity contribution in [2.75, 3.05) is 6.61 Å². The highest BCUT2D eigenvalue weighted by atomic mass is 16.5. The molecule has 1 N–H and O–H groups in total. The SMILES string of the molecule is CCOc1cc2c(cc1CNC(=O)c1cc3ccccc3oc1=O)O[C@@H](C)C2. The topological polar surface area (TPSA) is 77.8 Å².